The molecular weight excluding hydrogens is 206 g/mol. The fourth-order valence-corrected chi connectivity index (χ4v) is 2.93. The van der Waals surface area contributed by atoms with Crippen LogP contribution in [-0.4, -0.2) is 17.5 Å². The zero-order valence-corrected chi connectivity index (χ0v) is 10.3. The first-order chi connectivity index (χ1) is 7.26. The Morgan fingerprint density at radius 1 is 1.60 bits per heavy atom. The van der Waals surface area contributed by atoms with E-state index >= 15 is 0 Å². The van der Waals surface area contributed by atoms with E-state index in [9.17, 15) is 0 Å². The molecule has 0 radical (unpaired) electrons. The average molecular weight is 225 g/mol. The molecule has 0 amide bonds. The van der Waals surface area contributed by atoms with Crippen molar-refractivity contribution in [3.63, 3.8) is 0 Å². The van der Waals surface area contributed by atoms with Gasteiger partial charge in [0.05, 0.1) is 12.5 Å². The van der Waals surface area contributed by atoms with Gasteiger partial charge < -0.3 is 9.73 Å². The Kier molecular flexibility index (Phi) is 3.42. The van der Waals surface area contributed by atoms with E-state index in [1.807, 2.05) is 24.1 Å². The summed E-state index contributed by atoms with van der Waals surface area (Å²) in [6.45, 7) is 3.30. The van der Waals surface area contributed by atoms with E-state index in [2.05, 4.69) is 18.5 Å². The Morgan fingerprint density at radius 3 is 2.87 bits per heavy atom. The maximum atomic E-state index is 5.09. The third-order valence-electron chi connectivity index (χ3n) is 3.47. The van der Waals surface area contributed by atoms with Crippen LogP contribution in [0.4, 0.5) is 0 Å². The van der Waals surface area contributed by atoms with Crippen molar-refractivity contribution >= 4 is 11.8 Å². The van der Waals surface area contributed by atoms with Gasteiger partial charge in [0.25, 0.3) is 0 Å². The van der Waals surface area contributed by atoms with Gasteiger partial charge in [-0.1, -0.05) is 6.42 Å². The van der Waals surface area contributed by atoms with Crippen molar-refractivity contribution in [2.24, 2.45) is 0 Å². The Bertz CT molecular complexity index is 287. The summed E-state index contributed by atoms with van der Waals surface area (Å²) in [5, 5.41) is 3.60. The summed E-state index contributed by atoms with van der Waals surface area (Å²) in [6.07, 6.45) is 9.90. The first-order valence-electron chi connectivity index (χ1n) is 5.56. The van der Waals surface area contributed by atoms with E-state index in [1.54, 1.807) is 6.26 Å². The van der Waals surface area contributed by atoms with Crippen molar-refractivity contribution in [1.82, 2.24) is 5.32 Å². The van der Waals surface area contributed by atoms with Crippen molar-refractivity contribution in [3.05, 3.63) is 24.2 Å². The van der Waals surface area contributed by atoms with Gasteiger partial charge >= 0.3 is 0 Å². The second-order valence-corrected chi connectivity index (χ2v) is 5.67. The number of nitrogens with one attached hydrogen (secondary N) is 1. The lowest BCUT2D eigenvalue weighted by atomic mass is 9.84. The van der Waals surface area contributed by atoms with Gasteiger partial charge in [-0.3, -0.25) is 0 Å². The fraction of sp³-hybridized carbons (Fsp3) is 0.667. The maximum absolute atomic E-state index is 5.09. The van der Waals surface area contributed by atoms with Crippen LogP contribution in [0.2, 0.25) is 0 Å². The molecule has 84 valence electrons. The first-order valence-corrected chi connectivity index (χ1v) is 6.79. The third-order valence-corrected chi connectivity index (χ3v) is 4.89. The molecule has 0 aliphatic heterocycles. The Hall–Kier alpha value is -0.410. The molecule has 1 aliphatic carbocycles. The van der Waals surface area contributed by atoms with Gasteiger partial charge in [-0.15, -0.1) is 0 Å². The van der Waals surface area contributed by atoms with Crippen molar-refractivity contribution in [2.75, 3.05) is 12.8 Å². The second kappa shape index (κ2) is 4.62. The topological polar surface area (TPSA) is 25.2 Å². The molecule has 1 saturated carbocycles. The van der Waals surface area contributed by atoms with Crippen molar-refractivity contribution in [3.8, 4) is 0 Å². The van der Waals surface area contributed by atoms with Gasteiger partial charge in [-0.25, -0.2) is 0 Å². The molecule has 1 aromatic heterocycles. The molecule has 2 rings (SSSR count). The van der Waals surface area contributed by atoms with Crippen LogP contribution in [0.25, 0.3) is 0 Å². The largest absolute Gasteiger partial charge is 0.472 e. The summed E-state index contributed by atoms with van der Waals surface area (Å²) in [5.74, 6) is 0. The minimum atomic E-state index is 0.397. The SMILES string of the molecule is CSC1(CNC(C)c2ccoc2)CCC1. The van der Waals surface area contributed by atoms with Crippen LogP contribution >= 0.6 is 11.8 Å². The molecule has 1 N–H and O–H groups in total. The number of thioether (sulfide) groups is 1. The van der Waals surface area contributed by atoms with E-state index in [1.165, 1.54) is 24.8 Å². The standard InChI is InChI=1S/C12H19NOS/c1-10(11-4-7-14-8-11)13-9-12(15-2)5-3-6-12/h4,7-8,10,13H,3,5-6,9H2,1-2H3. The first kappa shape index (κ1) is 11.1. The summed E-state index contributed by atoms with van der Waals surface area (Å²) in [5.41, 5.74) is 1.24. The minimum absolute atomic E-state index is 0.397. The molecule has 1 atom stereocenters. The second-order valence-electron chi connectivity index (χ2n) is 4.40. The molecule has 1 aromatic rings. The summed E-state index contributed by atoms with van der Waals surface area (Å²) in [6, 6.07) is 2.43. The molecule has 2 nitrogen and oxygen atoms in total. The van der Waals surface area contributed by atoms with Crippen molar-refractivity contribution in [2.45, 2.75) is 37.0 Å². The number of furan rings is 1. The van der Waals surface area contributed by atoms with Gasteiger partial charge in [0.1, 0.15) is 0 Å². The highest BCUT2D eigenvalue weighted by Crippen LogP contribution is 2.42. The van der Waals surface area contributed by atoms with Crippen LogP contribution in [0.5, 0.6) is 0 Å². The van der Waals surface area contributed by atoms with Crippen LogP contribution in [0, 0.1) is 0 Å². The molecule has 3 heteroatoms. The normalized spacial score (nSPS) is 20.9. The van der Waals surface area contributed by atoms with Gasteiger partial charge in [-0.05, 0) is 32.1 Å². The summed E-state index contributed by atoms with van der Waals surface area (Å²) in [4.78, 5) is 0. The molecule has 1 aliphatic rings. The lowest BCUT2D eigenvalue weighted by molar-refractivity contribution is 0.334. The molecular formula is C12H19NOS. The Morgan fingerprint density at radius 2 is 2.40 bits per heavy atom. The highest BCUT2D eigenvalue weighted by Gasteiger charge is 2.35. The van der Waals surface area contributed by atoms with E-state index < -0.39 is 0 Å². The zero-order chi connectivity index (χ0) is 10.7. The summed E-state index contributed by atoms with van der Waals surface area (Å²) < 4.78 is 5.60. The van der Waals surface area contributed by atoms with Crippen molar-refractivity contribution < 1.29 is 4.42 Å². The van der Waals surface area contributed by atoms with Crippen molar-refractivity contribution in [1.29, 1.82) is 0 Å². The quantitative estimate of drug-likeness (QED) is 0.833. The molecule has 1 heterocycles. The fourth-order valence-electron chi connectivity index (χ4n) is 2.00. The van der Waals surface area contributed by atoms with Crippen LogP contribution in [-0.2, 0) is 0 Å². The molecule has 1 fully saturated rings. The van der Waals surface area contributed by atoms with Gasteiger partial charge in [0, 0.05) is 22.9 Å². The highest BCUT2D eigenvalue weighted by atomic mass is 32.2. The van der Waals surface area contributed by atoms with Crippen LogP contribution in [0.1, 0.15) is 37.8 Å². The van der Waals surface area contributed by atoms with Crippen LogP contribution in [0.3, 0.4) is 0 Å². The molecule has 15 heavy (non-hydrogen) atoms. The van der Waals surface area contributed by atoms with Gasteiger partial charge in [-0.2, -0.15) is 11.8 Å². The highest BCUT2D eigenvalue weighted by molar-refractivity contribution is 8.00. The molecule has 0 spiro atoms. The lowest BCUT2D eigenvalue weighted by Gasteiger charge is -2.41. The monoisotopic (exact) mass is 225 g/mol. The predicted molar refractivity (Wildman–Crippen MR) is 65.2 cm³/mol. The molecule has 0 aromatic carbocycles. The molecule has 0 saturated heterocycles. The van der Waals surface area contributed by atoms with E-state index in [4.69, 9.17) is 4.42 Å². The minimum Gasteiger partial charge on any atom is -0.472 e. The zero-order valence-electron chi connectivity index (χ0n) is 9.45. The summed E-state index contributed by atoms with van der Waals surface area (Å²) >= 11 is 2.01. The van der Waals surface area contributed by atoms with Crippen LogP contribution in [0.15, 0.2) is 23.0 Å². The van der Waals surface area contributed by atoms with Crippen LogP contribution < -0.4 is 5.32 Å². The summed E-state index contributed by atoms with van der Waals surface area (Å²) in [7, 11) is 0. The Labute approximate surface area is 95.8 Å². The number of hydrogen-bond acceptors (Lipinski definition) is 3. The number of hydrogen-bond donors (Lipinski definition) is 1. The van der Waals surface area contributed by atoms with E-state index in [0.717, 1.165) is 6.54 Å². The smallest absolute Gasteiger partial charge is 0.0950 e. The van der Waals surface area contributed by atoms with E-state index in [0.29, 0.717) is 10.8 Å². The average Bonchev–Trinajstić information content (AvgIpc) is 2.69. The maximum Gasteiger partial charge on any atom is 0.0950 e. The number of rotatable bonds is 5. The third kappa shape index (κ3) is 2.40. The van der Waals surface area contributed by atoms with Gasteiger partial charge in [0.2, 0.25) is 0 Å². The molecule has 0 bridgehead atoms. The predicted octanol–water partition coefficient (Wildman–Crippen LogP) is 3.22. The van der Waals surface area contributed by atoms with Gasteiger partial charge in [0.15, 0.2) is 0 Å². The molecule has 1 unspecified atom stereocenters. The Balaban J connectivity index is 1.82. The lowest BCUT2D eigenvalue weighted by Crippen LogP contribution is -2.43. The van der Waals surface area contributed by atoms with E-state index in [-0.39, 0.29) is 0 Å².